The van der Waals surface area contributed by atoms with Crippen LogP contribution in [-0.2, 0) is 13.2 Å². The number of aromatic nitrogens is 1. The Morgan fingerprint density at radius 3 is 2.41 bits per heavy atom. The lowest BCUT2D eigenvalue weighted by Crippen LogP contribution is -2.37. The average Bonchev–Trinajstić information content (AvgIpc) is 2.67. The fraction of sp³-hybridized carbons (Fsp3) is 0.450. The molecule has 1 aromatic heterocycles. The Hall–Kier alpha value is -2.19. The maximum Gasteiger partial charge on any atom is 0.147 e. The Balaban J connectivity index is 1.96. The number of hydrogen-bond donors (Lipinski definition) is 3. The Morgan fingerprint density at radius 1 is 1.11 bits per heavy atom. The minimum atomic E-state index is -0.806. The zero-order chi connectivity index (χ0) is 19.8. The largest absolute Gasteiger partial charge is 0.489 e. The van der Waals surface area contributed by atoms with Gasteiger partial charge in [0.2, 0.25) is 0 Å². The molecule has 0 saturated heterocycles. The summed E-state index contributed by atoms with van der Waals surface area (Å²) in [5.41, 5.74) is 2.73. The molecule has 2 rings (SSSR count). The first kappa shape index (κ1) is 21.1. The molecular weight excluding hydrogens is 348 g/mol. The van der Waals surface area contributed by atoms with Gasteiger partial charge in [0.15, 0.2) is 0 Å². The first-order valence-electron chi connectivity index (χ1n) is 8.98. The number of hydroxylamine groups is 2. The van der Waals surface area contributed by atoms with Crippen molar-refractivity contribution in [2.45, 2.75) is 40.1 Å². The lowest BCUT2D eigenvalue weighted by atomic mass is 10.1. The van der Waals surface area contributed by atoms with E-state index < -0.39 is 6.10 Å². The third-order valence-electron chi connectivity index (χ3n) is 4.18. The molecule has 3 N–H and O–H groups in total. The fourth-order valence-corrected chi connectivity index (χ4v) is 2.62. The highest BCUT2D eigenvalue weighted by molar-refractivity contribution is 5.41. The molecule has 2 aromatic rings. The van der Waals surface area contributed by atoms with Crippen LogP contribution < -0.4 is 9.57 Å². The van der Waals surface area contributed by atoms with Crippen LogP contribution in [0.2, 0.25) is 0 Å². The van der Waals surface area contributed by atoms with Crippen molar-refractivity contribution in [3.05, 3.63) is 52.8 Å². The first-order chi connectivity index (χ1) is 13.0. The van der Waals surface area contributed by atoms with Crippen LogP contribution in [0, 0.1) is 13.8 Å². The minimum absolute atomic E-state index is 0.0121. The molecule has 0 fully saturated rings. The van der Waals surface area contributed by atoms with Crippen molar-refractivity contribution < 1.29 is 24.9 Å². The number of likely N-dealkylation sites (N-methyl/N-ethyl adjacent to an activating group) is 1. The van der Waals surface area contributed by atoms with Gasteiger partial charge in [-0.25, -0.2) is 0 Å². The van der Waals surface area contributed by atoms with Crippen LogP contribution in [0.3, 0.4) is 0 Å². The highest BCUT2D eigenvalue weighted by Gasteiger charge is 2.17. The summed E-state index contributed by atoms with van der Waals surface area (Å²) >= 11 is 0. The van der Waals surface area contributed by atoms with Crippen molar-refractivity contribution in [2.24, 2.45) is 0 Å². The predicted molar refractivity (Wildman–Crippen MR) is 101 cm³/mol. The van der Waals surface area contributed by atoms with Crippen LogP contribution in [0.15, 0.2) is 30.5 Å². The predicted octanol–water partition coefficient (Wildman–Crippen LogP) is 1.74. The molecule has 7 heteroatoms. The second-order valence-corrected chi connectivity index (χ2v) is 6.34. The van der Waals surface area contributed by atoms with Gasteiger partial charge in [-0.2, -0.15) is 0 Å². The molecule has 27 heavy (non-hydrogen) atoms. The minimum Gasteiger partial charge on any atom is -0.489 e. The summed E-state index contributed by atoms with van der Waals surface area (Å²) in [6, 6.07) is 7.68. The van der Waals surface area contributed by atoms with E-state index in [-0.39, 0.29) is 26.4 Å². The molecule has 1 heterocycles. The molecule has 148 valence electrons. The van der Waals surface area contributed by atoms with Crippen molar-refractivity contribution in [3.8, 4) is 11.5 Å². The van der Waals surface area contributed by atoms with E-state index in [0.717, 1.165) is 5.56 Å². The monoisotopic (exact) mass is 376 g/mol. The molecular formula is C20H28N2O5. The average molecular weight is 376 g/mol. The second-order valence-electron chi connectivity index (χ2n) is 6.34. The van der Waals surface area contributed by atoms with Gasteiger partial charge in [0.1, 0.15) is 24.2 Å². The van der Waals surface area contributed by atoms with E-state index in [1.807, 2.05) is 38.1 Å². The summed E-state index contributed by atoms with van der Waals surface area (Å²) in [7, 11) is 0. The van der Waals surface area contributed by atoms with Gasteiger partial charge in [0, 0.05) is 23.9 Å². The highest BCUT2D eigenvalue weighted by Crippen LogP contribution is 2.25. The van der Waals surface area contributed by atoms with Gasteiger partial charge < -0.3 is 24.9 Å². The molecule has 0 spiro atoms. The Kier molecular flexibility index (Phi) is 7.99. The lowest BCUT2D eigenvalue weighted by molar-refractivity contribution is -0.0860. The fourth-order valence-electron chi connectivity index (χ4n) is 2.62. The Morgan fingerprint density at radius 2 is 1.81 bits per heavy atom. The molecule has 0 saturated carbocycles. The molecule has 0 bridgehead atoms. The summed E-state index contributed by atoms with van der Waals surface area (Å²) in [5, 5.41) is 30.9. The zero-order valence-corrected chi connectivity index (χ0v) is 16.1. The first-order valence-corrected chi connectivity index (χ1v) is 8.98. The molecule has 0 aliphatic carbocycles. The van der Waals surface area contributed by atoms with Crippen molar-refractivity contribution >= 4 is 0 Å². The standard InChI is InChI=1S/C20H28N2O5/c1-4-22(27-18-7-5-14(2)6-8-18)10-17(25)13-26-20-15(3)21-9-16(11-23)19(20)12-24/h5-9,17,23-25H,4,10-13H2,1-3H3. The van der Waals surface area contributed by atoms with Crippen LogP contribution >= 0.6 is 0 Å². The van der Waals surface area contributed by atoms with Gasteiger partial charge in [0.25, 0.3) is 0 Å². The molecule has 0 aliphatic rings. The Bertz CT molecular complexity index is 721. The smallest absolute Gasteiger partial charge is 0.147 e. The van der Waals surface area contributed by atoms with Gasteiger partial charge in [-0.1, -0.05) is 17.7 Å². The lowest BCUT2D eigenvalue weighted by Gasteiger charge is -2.24. The van der Waals surface area contributed by atoms with Crippen LogP contribution in [0.1, 0.15) is 29.3 Å². The number of benzene rings is 1. The molecule has 7 nitrogen and oxygen atoms in total. The van der Waals surface area contributed by atoms with Gasteiger partial charge in [0.05, 0.1) is 25.5 Å². The number of hydrogen-bond acceptors (Lipinski definition) is 7. The highest BCUT2D eigenvalue weighted by atomic mass is 16.7. The summed E-state index contributed by atoms with van der Waals surface area (Å²) < 4.78 is 5.71. The zero-order valence-electron chi connectivity index (χ0n) is 16.1. The van der Waals surface area contributed by atoms with E-state index >= 15 is 0 Å². The van der Waals surface area contributed by atoms with E-state index in [1.54, 1.807) is 12.0 Å². The summed E-state index contributed by atoms with van der Waals surface area (Å²) in [6.07, 6.45) is 0.706. The number of pyridine rings is 1. The van der Waals surface area contributed by atoms with E-state index in [9.17, 15) is 15.3 Å². The van der Waals surface area contributed by atoms with E-state index in [1.165, 1.54) is 6.20 Å². The quantitative estimate of drug-likeness (QED) is 0.544. The van der Waals surface area contributed by atoms with E-state index in [0.29, 0.717) is 34.9 Å². The van der Waals surface area contributed by atoms with E-state index in [2.05, 4.69) is 4.98 Å². The number of aliphatic hydroxyl groups is 3. The Labute approximate surface area is 159 Å². The molecule has 1 unspecified atom stereocenters. The topological polar surface area (TPSA) is 95.3 Å². The summed E-state index contributed by atoms with van der Waals surface area (Å²) in [6.45, 7) is 6.03. The van der Waals surface area contributed by atoms with Gasteiger partial charge >= 0.3 is 0 Å². The van der Waals surface area contributed by atoms with Gasteiger partial charge in [-0.15, -0.1) is 5.06 Å². The molecule has 1 atom stereocenters. The summed E-state index contributed by atoms with van der Waals surface area (Å²) in [5.74, 6) is 1.10. The molecule has 0 amide bonds. The number of ether oxygens (including phenoxy) is 1. The second kappa shape index (κ2) is 10.2. The van der Waals surface area contributed by atoms with Crippen molar-refractivity contribution in [1.29, 1.82) is 0 Å². The SMILES string of the molecule is CCN(CC(O)COc1c(C)ncc(CO)c1CO)Oc1ccc(C)cc1. The van der Waals surface area contributed by atoms with Crippen LogP contribution in [0.25, 0.3) is 0 Å². The maximum atomic E-state index is 10.3. The normalized spacial score (nSPS) is 12.3. The van der Waals surface area contributed by atoms with Crippen LogP contribution in [0.5, 0.6) is 11.5 Å². The number of rotatable bonds is 10. The third kappa shape index (κ3) is 5.90. The molecule has 0 radical (unpaired) electrons. The number of aliphatic hydroxyl groups excluding tert-OH is 3. The van der Waals surface area contributed by atoms with E-state index in [4.69, 9.17) is 9.57 Å². The van der Waals surface area contributed by atoms with Gasteiger partial charge in [-0.05, 0) is 32.9 Å². The van der Waals surface area contributed by atoms with Crippen LogP contribution in [-0.4, -0.2) is 51.2 Å². The number of aryl methyl sites for hydroxylation is 2. The molecule has 0 aliphatic heterocycles. The maximum absolute atomic E-state index is 10.3. The number of nitrogens with zero attached hydrogens (tertiary/aromatic N) is 2. The summed E-state index contributed by atoms with van der Waals surface area (Å²) in [4.78, 5) is 9.94. The van der Waals surface area contributed by atoms with Crippen molar-refractivity contribution in [2.75, 3.05) is 19.7 Å². The van der Waals surface area contributed by atoms with Crippen LogP contribution in [0.4, 0.5) is 0 Å². The van der Waals surface area contributed by atoms with Crippen molar-refractivity contribution in [3.63, 3.8) is 0 Å². The third-order valence-corrected chi connectivity index (χ3v) is 4.18. The molecule has 1 aromatic carbocycles. The van der Waals surface area contributed by atoms with Crippen molar-refractivity contribution in [1.82, 2.24) is 10.0 Å². The van der Waals surface area contributed by atoms with Gasteiger partial charge in [-0.3, -0.25) is 4.98 Å².